The minimum Gasteiger partial charge on any atom is -0.394 e. The molecule has 11 heteroatoms. The van der Waals surface area contributed by atoms with E-state index in [1.165, 1.54) is 199 Å². The molecule has 9 unspecified atom stereocenters. The zero-order chi connectivity index (χ0) is 54.0. The van der Waals surface area contributed by atoms with Gasteiger partial charge in [0.1, 0.15) is 36.6 Å². The van der Waals surface area contributed by atoms with Crippen molar-refractivity contribution in [3.63, 3.8) is 0 Å². The van der Waals surface area contributed by atoms with Gasteiger partial charge in [0.15, 0.2) is 6.29 Å². The van der Waals surface area contributed by atoms with Gasteiger partial charge in [-0.3, -0.25) is 4.79 Å². The van der Waals surface area contributed by atoms with Crippen LogP contribution in [0.25, 0.3) is 0 Å². The summed E-state index contributed by atoms with van der Waals surface area (Å²) < 4.78 is 11.1. The van der Waals surface area contributed by atoms with Crippen molar-refractivity contribution < 1.29 is 50.0 Å². The first-order valence-electron chi connectivity index (χ1n) is 31.4. The summed E-state index contributed by atoms with van der Waals surface area (Å²) in [6, 6.07) is -1.19. The topological polar surface area (TPSA) is 189 Å². The van der Waals surface area contributed by atoms with Crippen LogP contribution in [0, 0.1) is 0 Å². The third kappa shape index (κ3) is 39.7. The van der Waals surface area contributed by atoms with Gasteiger partial charge in [-0.2, -0.15) is 0 Å². The fourth-order valence-corrected chi connectivity index (χ4v) is 10.1. The molecule has 0 aromatic rings. The predicted octanol–water partition coefficient (Wildman–Crippen LogP) is 13.9. The molecule has 0 saturated carbocycles. The highest BCUT2D eigenvalue weighted by Crippen LogP contribution is 2.23. The Kier molecular flexibility index (Phi) is 49.5. The van der Waals surface area contributed by atoms with Crippen molar-refractivity contribution in [2.24, 2.45) is 0 Å². The van der Waals surface area contributed by atoms with Crippen LogP contribution in [-0.2, 0) is 14.3 Å². The molecule has 1 rings (SSSR count). The molecule has 0 aromatic carbocycles. The van der Waals surface area contributed by atoms with E-state index >= 15 is 0 Å². The van der Waals surface area contributed by atoms with Gasteiger partial charge in [-0.05, 0) is 64.2 Å². The summed E-state index contributed by atoms with van der Waals surface area (Å²) in [4.78, 5) is 13.2. The first-order chi connectivity index (χ1) is 36.2. The monoisotopic (exact) mass is 1050 g/mol. The number of allylic oxidation sites excluding steroid dienone is 6. The smallest absolute Gasteiger partial charge is 0.249 e. The number of aliphatic hydroxyl groups is 7. The van der Waals surface area contributed by atoms with E-state index in [2.05, 4.69) is 55.6 Å². The second-order valence-corrected chi connectivity index (χ2v) is 22.1. The SMILES string of the molecule is CCCCCCC/C=C/CC/C=C/CC/C=C/CCCC(O)C(O)C(COC1OC(CO)C(O)C(O)C1O)NC(=O)C(O)CCCCCCCCCCCCCCCCCCCCCCCCCCCCCCC. The van der Waals surface area contributed by atoms with E-state index < -0.39 is 74.2 Å². The molecule has 11 nitrogen and oxygen atoms in total. The summed E-state index contributed by atoms with van der Waals surface area (Å²) in [6.45, 7) is 3.45. The van der Waals surface area contributed by atoms with Crippen LogP contribution < -0.4 is 5.32 Å². The summed E-state index contributed by atoms with van der Waals surface area (Å²) in [5, 5.41) is 76.2. The Bertz CT molecular complexity index is 1300. The zero-order valence-corrected chi connectivity index (χ0v) is 47.8. The molecule has 9 atom stereocenters. The van der Waals surface area contributed by atoms with Crippen LogP contribution in [0.4, 0.5) is 0 Å². The zero-order valence-electron chi connectivity index (χ0n) is 47.8. The van der Waals surface area contributed by atoms with Crippen molar-refractivity contribution in [3.05, 3.63) is 36.5 Å². The molecule has 1 fully saturated rings. The minimum atomic E-state index is -1.67. The summed E-state index contributed by atoms with van der Waals surface area (Å²) in [5.74, 6) is -0.708. The number of hydrogen-bond acceptors (Lipinski definition) is 10. The number of carbonyl (C=O) groups excluding carboxylic acids is 1. The lowest BCUT2D eigenvalue weighted by molar-refractivity contribution is -0.303. The van der Waals surface area contributed by atoms with Crippen molar-refractivity contribution in [2.75, 3.05) is 13.2 Å². The summed E-state index contributed by atoms with van der Waals surface area (Å²) in [5.41, 5.74) is 0. The van der Waals surface area contributed by atoms with E-state index in [1.807, 2.05) is 0 Å². The first kappa shape index (κ1) is 70.3. The maximum atomic E-state index is 13.2. The Morgan fingerprint density at radius 3 is 1.20 bits per heavy atom. The van der Waals surface area contributed by atoms with Crippen molar-refractivity contribution >= 4 is 5.91 Å². The van der Waals surface area contributed by atoms with E-state index in [0.29, 0.717) is 19.3 Å². The number of nitrogens with one attached hydrogen (secondary N) is 1. The van der Waals surface area contributed by atoms with Gasteiger partial charge in [-0.15, -0.1) is 0 Å². The first-order valence-corrected chi connectivity index (χ1v) is 31.4. The Morgan fingerprint density at radius 1 is 0.459 bits per heavy atom. The van der Waals surface area contributed by atoms with Crippen LogP contribution in [0.2, 0.25) is 0 Å². The highest BCUT2D eigenvalue weighted by atomic mass is 16.7. The van der Waals surface area contributed by atoms with Gasteiger partial charge in [0.2, 0.25) is 5.91 Å². The number of ether oxygens (including phenoxy) is 2. The molecule has 1 heterocycles. The molecule has 74 heavy (non-hydrogen) atoms. The van der Waals surface area contributed by atoms with Crippen LogP contribution in [0.15, 0.2) is 36.5 Å². The van der Waals surface area contributed by atoms with E-state index in [1.54, 1.807) is 0 Å². The molecule has 1 amide bonds. The van der Waals surface area contributed by atoms with Crippen molar-refractivity contribution in [1.29, 1.82) is 0 Å². The largest absolute Gasteiger partial charge is 0.394 e. The maximum Gasteiger partial charge on any atom is 0.249 e. The number of carbonyl (C=O) groups is 1. The van der Waals surface area contributed by atoms with Gasteiger partial charge in [-0.25, -0.2) is 0 Å². The Labute approximate surface area is 454 Å². The molecular formula is C63H119NO10. The van der Waals surface area contributed by atoms with Crippen LogP contribution in [-0.4, -0.2) is 110 Å². The Hall–Kier alpha value is -1.67. The van der Waals surface area contributed by atoms with Crippen molar-refractivity contribution in [1.82, 2.24) is 5.32 Å². The number of rotatable bonds is 54. The summed E-state index contributed by atoms with van der Waals surface area (Å²) in [6.07, 6.45) is 53.6. The molecule has 8 N–H and O–H groups in total. The van der Waals surface area contributed by atoms with E-state index in [9.17, 15) is 40.5 Å². The Balaban J connectivity index is 2.25. The lowest BCUT2D eigenvalue weighted by Crippen LogP contribution is -2.60. The highest BCUT2D eigenvalue weighted by Gasteiger charge is 2.44. The molecule has 0 radical (unpaired) electrons. The van der Waals surface area contributed by atoms with Gasteiger partial charge >= 0.3 is 0 Å². The third-order valence-corrected chi connectivity index (χ3v) is 15.2. The summed E-state index contributed by atoms with van der Waals surface area (Å²) >= 11 is 0. The molecular weight excluding hydrogens is 931 g/mol. The Morgan fingerprint density at radius 2 is 0.811 bits per heavy atom. The van der Waals surface area contributed by atoms with Crippen LogP contribution >= 0.6 is 0 Å². The molecule has 0 aromatic heterocycles. The molecule has 0 bridgehead atoms. The summed E-state index contributed by atoms with van der Waals surface area (Å²) in [7, 11) is 0. The van der Waals surface area contributed by atoms with E-state index in [0.717, 1.165) is 44.9 Å². The molecule has 0 aliphatic carbocycles. The van der Waals surface area contributed by atoms with Crippen molar-refractivity contribution in [2.45, 2.75) is 345 Å². The number of hydrogen-bond donors (Lipinski definition) is 8. The number of unbranched alkanes of at least 4 members (excludes halogenated alkanes) is 36. The standard InChI is InChI=1S/C63H119NO10/c1-3-5-7-9-11-13-15-17-19-21-23-24-25-26-27-28-29-30-31-32-33-35-37-39-41-43-45-47-49-51-56(67)62(72)64-54(53-73-63-61(71)60(70)59(69)57(52-65)74-63)58(68)55(66)50-48-46-44-42-40-38-36-34-22-20-18-16-14-12-10-8-6-4-2/h16,18,34,36,42,44,54-61,63,65-71H,3-15,17,19-33,35,37-41,43,45-53H2,1-2H3,(H,64,72)/b18-16+,36-34+,44-42+. The quantitative estimate of drug-likeness (QED) is 0.0215. The second-order valence-electron chi connectivity index (χ2n) is 22.1. The van der Waals surface area contributed by atoms with E-state index in [-0.39, 0.29) is 12.8 Å². The second kappa shape index (κ2) is 52.1. The van der Waals surface area contributed by atoms with Crippen LogP contribution in [0.1, 0.15) is 290 Å². The lowest BCUT2D eigenvalue weighted by atomic mass is 9.98. The fraction of sp³-hybridized carbons (Fsp3) is 0.889. The van der Waals surface area contributed by atoms with E-state index in [4.69, 9.17) is 9.47 Å². The molecule has 1 aliphatic rings. The van der Waals surface area contributed by atoms with Crippen molar-refractivity contribution in [3.8, 4) is 0 Å². The fourth-order valence-electron chi connectivity index (χ4n) is 10.1. The molecule has 1 aliphatic heterocycles. The van der Waals surface area contributed by atoms with Gasteiger partial charge in [0.25, 0.3) is 0 Å². The average Bonchev–Trinajstić information content (AvgIpc) is 3.40. The maximum absolute atomic E-state index is 13.2. The van der Waals surface area contributed by atoms with Gasteiger partial charge in [-0.1, -0.05) is 262 Å². The molecule has 0 spiro atoms. The predicted molar refractivity (Wildman–Crippen MR) is 307 cm³/mol. The highest BCUT2D eigenvalue weighted by molar-refractivity contribution is 5.80. The van der Waals surface area contributed by atoms with Gasteiger partial charge in [0, 0.05) is 0 Å². The average molecular weight is 1050 g/mol. The number of amides is 1. The lowest BCUT2D eigenvalue weighted by Gasteiger charge is -2.40. The molecule has 436 valence electrons. The van der Waals surface area contributed by atoms with Gasteiger partial charge in [0.05, 0.1) is 25.4 Å². The van der Waals surface area contributed by atoms with Crippen LogP contribution in [0.5, 0.6) is 0 Å². The normalized spacial score (nSPS) is 20.0. The molecule has 1 saturated heterocycles. The minimum absolute atomic E-state index is 0.242. The third-order valence-electron chi connectivity index (χ3n) is 15.2. The van der Waals surface area contributed by atoms with Gasteiger partial charge < -0.3 is 50.5 Å². The number of aliphatic hydroxyl groups excluding tert-OH is 7. The van der Waals surface area contributed by atoms with Crippen LogP contribution in [0.3, 0.4) is 0 Å².